The standard InChI is InChI=1S/C19H21N7O2/c1-21-26(2)14-7-5-13(6-8-14)23-19-16(17(20)28)18(24-25-19)22-11-12-3-9-15(27)10-4-12/h3-10,27H,1,11H2,2H3,(H2,20,28)(H3,22,23,24,25). The zero-order chi connectivity index (χ0) is 20.1. The van der Waals surface area contributed by atoms with Crippen molar-refractivity contribution in [3.05, 3.63) is 59.7 Å². The number of aromatic nitrogens is 2. The number of nitrogens with one attached hydrogen (secondary N) is 3. The molecule has 0 unspecified atom stereocenters. The van der Waals surface area contributed by atoms with Gasteiger partial charge in [0.05, 0.1) is 5.69 Å². The number of H-pyrrole nitrogens is 1. The van der Waals surface area contributed by atoms with Gasteiger partial charge < -0.3 is 21.5 Å². The maximum absolute atomic E-state index is 12.0. The molecule has 0 radical (unpaired) electrons. The maximum atomic E-state index is 12.0. The Balaban J connectivity index is 1.75. The molecule has 9 nitrogen and oxygen atoms in total. The first-order chi connectivity index (χ1) is 13.5. The van der Waals surface area contributed by atoms with Gasteiger partial charge in [0.1, 0.15) is 17.1 Å². The zero-order valence-electron chi connectivity index (χ0n) is 15.3. The molecule has 28 heavy (non-hydrogen) atoms. The van der Waals surface area contributed by atoms with Crippen molar-refractivity contribution in [2.24, 2.45) is 10.8 Å². The molecule has 1 amide bonds. The van der Waals surface area contributed by atoms with E-state index in [0.717, 1.165) is 16.9 Å². The summed E-state index contributed by atoms with van der Waals surface area (Å²) < 4.78 is 0. The Labute approximate surface area is 161 Å². The second-order valence-corrected chi connectivity index (χ2v) is 6.04. The minimum Gasteiger partial charge on any atom is -0.508 e. The Hall–Kier alpha value is -4.01. The van der Waals surface area contributed by atoms with E-state index in [9.17, 15) is 9.90 Å². The molecule has 0 saturated carbocycles. The van der Waals surface area contributed by atoms with Crippen LogP contribution in [0.5, 0.6) is 5.75 Å². The highest BCUT2D eigenvalue weighted by molar-refractivity contribution is 6.03. The van der Waals surface area contributed by atoms with E-state index in [1.54, 1.807) is 36.3 Å². The lowest BCUT2D eigenvalue weighted by molar-refractivity contribution is 0.100. The van der Waals surface area contributed by atoms with E-state index in [-0.39, 0.29) is 11.3 Å². The fraction of sp³-hybridized carbons (Fsp3) is 0.105. The molecule has 0 aliphatic rings. The number of aromatic hydroxyl groups is 1. The third-order valence-electron chi connectivity index (χ3n) is 4.13. The zero-order valence-corrected chi connectivity index (χ0v) is 15.3. The highest BCUT2D eigenvalue weighted by Crippen LogP contribution is 2.26. The average molecular weight is 379 g/mol. The van der Waals surface area contributed by atoms with E-state index in [1.165, 1.54) is 0 Å². The van der Waals surface area contributed by atoms with Gasteiger partial charge in [-0.15, -0.1) is 0 Å². The summed E-state index contributed by atoms with van der Waals surface area (Å²) in [5.41, 5.74) is 8.31. The van der Waals surface area contributed by atoms with E-state index in [2.05, 4.69) is 32.6 Å². The number of hydrazone groups is 1. The third kappa shape index (κ3) is 4.21. The normalized spacial score (nSPS) is 10.3. The van der Waals surface area contributed by atoms with Crippen molar-refractivity contribution in [2.45, 2.75) is 6.54 Å². The van der Waals surface area contributed by atoms with Crippen molar-refractivity contribution < 1.29 is 9.90 Å². The van der Waals surface area contributed by atoms with E-state index in [0.29, 0.717) is 18.2 Å². The Morgan fingerprint density at radius 3 is 2.54 bits per heavy atom. The van der Waals surface area contributed by atoms with E-state index in [1.807, 2.05) is 24.3 Å². The smallest absolute Gasteiger partial charge is 0.256 e. The van der Waals surface area contributed by atoms with E-state index >= 15 is 0 Å². The van der Waals surface area contributed by atoms with Crippen LogP contribution in [0.1, 0.15) is 15.9 Å². The lowest BCUT2D eigenvalue weighted by Gasteiger charge is -2.13. The first kappa shape index (κ1) is 18.8. The molecule has 0 fully saturated rings. The van der Waals surface area contributed by atoms with Crippen LogP contribution < -0.4 is 21.4 Å². The van der Waals surface area contributed by atoms with E-state index in [4.69, 9.17) is 5.73 Å². The number of hydrogen-bond acceptors (Lipinski definition) is 7. The van der Waals surface area contributed by atoms with Crippen LogP contribution in [0.25, 0.3) is 0 Å². The van der Waals surface area contributed by atoms with Crippen LogP contribution in [0.4, 0.5) is 23.0 Å². The second kappa shape index (κ2) is 8.12. The molecule has 0 atom stereocenters. The summed E-state index contributed by atoms with van der Waals surface area (Å²) in [4.78, 5) is 12.0. The highest BCUT2D eigenvalue weighted by atomic mass is 16.3. The number of benzene rings is 2. The quantitative estimate of drug-likeness (QED) is 0.302. The number of aromatic amines is 1. The van der Waals surface area contributed by atoms with Crippen molar-refractivity contribution in [1.29, 1.82) is 0 Å². The predicted molar refractivity (Wildman–Crippen MR) is 110 cm³/mol. The molecule has 144 valence electrons. The molecule has 2 aromatic carbocycles. The van der Waals surface area contributed by atoms with Crippen LogP contribution in [0.3, 0.4) is 0 Å². The molecule has 1 aromatic heterocycles. The monoisotopic (exact) mass is 379 g/mol. The number of phenols is 1. The summed E-state index contributed by atoms with van der Waals surface area (Å²) in [5.74, 6) is 0.310. The Morgan fingerprint density at radius 2 is 1.93 bits per heavy atom. The number of phenolic OH excluding ortho intramolecular Hbond substituents is 1. The van der Waals surface area contributed by atoms with Crippen molar-refractivity contribution >= 4 is 35.6 Å². The number of primary amides is 1. The molecule has 1 heterocycles. The fourth-order valence-corrected chi connectivity index (χ4v) is 2.59. The van der Waals surface area contributed by atoms with Gasteiger partial charge >= 0.3 is 0 Å². The number of amides is 1. The predicted octanol–water partition coefficient (Wildman–Crippen LogP) is 2.62. The van der Waals surface area contributed by atoms with Gasteiger partial charge in [-0.25, -0.2) is 0 Å². The van der Waals surface area contributed by atoms with Crippen molar-refractivity contribution in [1.82, 2.24) is 10.2 Å². The number of carbonyl (C=O) groups excluding carboxylic acids is 1. The highest BCUT2D eigenvalue weighted by Gasteiger charge is 2.18. The minimum atomic E-state index is -0.614. The van der Waals surface area contributed by atoms with Gasteiger partial charge in [-0.3, -0.25) is 14.9 Å². The summed E-state index contributed by atoms with van der Waals surface area (Å²) in [5, 5.41) is 27.9. The van der Waals surface area contributed by atoms with Crippen molar-refractivity contribution in [3.8, 4) is 5.75 Å². The van der Waals surface area contributed by atoms with Gasteiger partial charge in [0, 0.05) is 26.0 Å². The second-order valence-electron chi connectivity index (χ2n) is 6.04. The molecule has 0 aliphatic carbocycles. The lowest BCUT2D eigenvalue weighted by atomic mass is 10.2. The number of carbonyl (C=O) groups is 1. The molecular formula is C19H21N7O2. The van der Waals surface area contributed by atoms with Crippen LogP contribution >= 0.6 is 0 Å². The number of anilines is 4. The van der Waals surface area contributed by atoms with Gasteiger partial charge in [0.15, 0.2) is 5.82 Å². The Kier molecular flexibility index (Phi) is 5.45. The van der Waals surface area contributed by atoms with Gasteiger partial charge in [-0.1, -0.05) is 12.1 Å². The minimum absolute atomic E-state index is 0.189. The SMILES string of the molecule is C=NN(C)c1ccc(Nc2[nH]nc(NCc3ccc(O)cc3)c2C(N)=O)cc1. The van der Waals surface area contributed by atoms with Crippen LogP contribution in [0.15, 0.2) is 53.6 Å². The lowest BCUT2D eigenvalue weighted by Crippen LogP contribution is -2.15. The molecule has 3 rings (SSSR count). The summed E-state index contributed by atoms with van der Waals surface area (Å²) in [7, 11) is 1.79. The average Bonchev–Trinajstić information content (AvgIpc) is 3.10. The molecule has 0 spiro atoms. The van der Waals surface area contributed by atoms with Crippen molar-refractivity contribution in [3.63, 3.8) is 0 Å². The summed E-state index contributed by atoms with van der Waals surface area (Å²) >= 11 is 0. The molecule has 0 aliphatic heterocycles. The first-order valence-electron chi connectivity index (χ1n) is 8.45. The van der Waals surface area contributed by atoms with Crippen LogP contribution in [-0.2, 0) is 6.54 Å². The fourth-order valence-electron chi connectivity index (χ4n) is 2.59. The van der Waals surface area contributed by atoms with Crippen molar-refractivity contribution in [2.75, 3.05) is 22.7 Å². The van der Waals surface area contributed by atoms with Crippen LogP contribution in [0, 0.1) is 0 Å². The number of rotatable bonds is 8. The summed E-state index contributed by atoms with van der Waals surface area (Å²) in [6.45, 7) is 3.90. The van der Waals surface area contributed by atoms with Crippen LogP contribution in [0.2, 0.25) is 0 Å². The van der Waals surface area contributed by atoms with Gasteiger partial charge in [-0.05, 0) is 42.0 Å². The molecule has 0 saturated heterocycles. The Morgan fingerprint density at radius 1 is 1.25 bits per heavy atom. The van der Waals surface area contributed by atoms with Gasteiger partial charge in [0.2, 0.25) is 0 Å². The molecule has 0 bridgehead atoms. The molecule has 9 heteroatoms. The first-order valence-corrected chi connectivity index (χ1v) is 8.45. The summed E-state index contributed by atoms with van der Waals surface area (Å²) in [6.07, 6.45) is 0. The third-order valence-corrected chi connectivity index (χ3v) is 4.13. The van der Waals surface area contributed by atoms with Gasteiger partial charge in [-0.2, -0.15) is 10.2 Å². The topological polar surface area (TPSA) is 132 Å². The summed E-state index contributed by atoms with van der Waals surface area (Å²) in [6, 6.07) is 14.1. The maximum Gasteiger partial charge on any atom is 0.256 e. The number of nitrogens with zero attached hydrogens (tertiary/aromatic N) is 3. The van der Waals surface area contributed by atoms with Crippen LogP contribution in [-0.4, -0.2) is 35.0 Å². The molecular weight excluding hydrogens is 358 g/mol. The van der Waals surface area contributed by atoms with Gasteiger partial charge in [0.25, 0.3) is 5.91 Å². The largest absolute Gasteiger partial charge is 0.508 e. The van der Waals surface area contributed by atoms with E-state index < -0.39 is 5.91 Å². The number of hydrogen-bond donors (Lipinski definition) is 5. The molecule has 3 aromatic rings. The Bertz CT molecular complexity index is 965. The number of nitrogens with two attached hydrogens (primary N) is 1. The molecule has 6 N–H and O–H groups in total.